The molecular formula is C19H21FN2O. The summed E-state index contributed by atoms with van der Waals surface area (Å²) in [6, 6.07) is 14.6. The third-order valence-corrected chi connectivity index (χ3v) is 4.20. The van der Waals surface area contributed by atoms with Gasteiger partial charge in [-0.2, -0.15) is 0 Å². The van der Waals surface area contributed by atoms with Crippen molar-refractivity contribution in [3.8, 4) is 0 Å². The summed E-state index contributed by atoms with van der Waals surface area (Å²) in [6.07, 6.45) is 5.07. The first-order valence-electron chi connectivity index (χ1n) is 8.10. The van der Waals surface area contributed by atoms with E-state index in [1.807, 2.05) is 24.3 Å². The molecule has 0 spiro atoms. The van der Waals surface area contributed by atoms with Gasteiger partial charge in [0.25, 0.3) is 0 Å². The zero-order valence-electron chi connectivity index (χ0n) is 13.0. The van der Waals surface area contributed by atoms with Gasteiger partial charge >= 0.3 is 0 Å². The second kappa shape index (κ2) is 7.27. The van der Waals surface area contributed by atoms with E-state index in [2.05, 4.69) is 10.6 Å². The van der Waals surface area contributed by atoms with Crippen LogP contribution in [0.1, 0.15) is 31.2 Å². The molecule has 2 aromatic rings. The first kappa shape index (κ1) is 15.5. The lowest BCUT2D eigenvalue weighted by Crippen LogP contribution is -2.16. The lowest BCUT2D eigenvalue weighted by Gasteiger charge is -2.14. The van der Waals surface area contributed by atoms with Crippen molar-refractivity contribution in [1.29, 1.82) is 0 Å². The van der Waals surface area contributed by atoms with Crippen molar-refractivity contribution in [3.05, 3.63) is 59.9 Å². The predicted molar refractivity (Wildman–Crippen MR) is 91.1 cm³/mol. The summed E-state index contributed by atoms with van der Waals surface area (Å²) in [5.41, 5.74) is 2.21. The van der Waals surface area contributed by atoms with Gasteiger partial charge in [-0.3, -0.25) is 4.79 Å². The molecule has 1 amide bonds. The maximum atomic E-state index is 13.5. The van der Waals surface area contributed by atoms with E-state index in [1.54, 1.807) is 18.2 Å². The summed E-state index contributed by atoms with van der Waals surface area (Å²) in [5, 5.41) is 6.31. The molecule has 120 valence electrons. The van der Waals surface area contributed by atoms with E-state index in [9.17, 15) is 9.18 Å². The van der Waals surface area contributed by atoms with Gasteiger partial charge in [-0.05, 0) is 48.7 Å². The molecule has 0 heterocycles. The molecule has 1 fully saturated rings. The zero-order valence-corrected chi connectivity index (χ0v) is 13.0. The van der Waals surface area contributed by atoms with Crippen molar-refractivity contribution in [2.75, 3.05) is 10.6 Å². The first-order chi connectivity index (χ1) is 11.2. The van der Waals surface area contributed by atoms with Gasteiger partial charge in [0.15, 0.2) is 0 Å². The van der Waals surface area contributed by atoms with E-state index >= 15 is 0 Å². The molecule has 0 aromatic heterocycles. The van der Waals surface area contributed by atoms with Crippen LogP contribution in [0.15, 0.2) is 48.5 Å². The normalized spacial score (nSPS) is 14.7. The van der Waals surface area contributed by atoms with Gasteiger partial charge in [-0.15, -0.1) is 0 Å². The van der Waals surface area contributed by atoms with Crippen LogP contribution in [0.25, 0.3) is 0 Å². The summed E-state index contributed by atoms with van der Waals surface area (Å²) in [6.45, 7) is 0. The van der Waals surface area contributed by atoms with E-state index in [0.29, 0.717) is 11.6 Å². The van der Waals surface area contributed by atoms with E-state index in [4.69, 9.17) is 0 Å². The third kappa shape index (κ3) is 4.31. The molecule has 0 atom stereocenters. The first-order valence-corrected chi connectivity index (χ1v) is 8.10. The maximum Gasteiger partial charge on any atom is 0.228 e. The summed E-state index contributed by atoms with van der Waals surface area (Å²) < 4.78 is 13.5. The van der Waals surface area contributed by atoms with E-state index in [0.717, 1.165) is 11.4 Å². The van der Waals surface area contributed by atoms with Crippen molar-refractivity contribution < 1.29 is 9.18 Å². The summed E-state index contributed by atoms with van der Waals surface area (Å²) in [4.78, 5) is 12.0. The Bertz CT molecular complexity index is 663. The van der Waals surface area contributed by atoms with Crippen LogP contribution in [0.3, 0.4) is 0 Å². The monoisotopic (exact) mass is 312 g/mol. The minimum atomic E-state index is -0.348. The molecule has 2 aromatic carbocycles. The summed E-state index contributed by atoms with van der Waals surface area (Å²) >= 11 is 0. The molecule has 2 N–H and O–H groups in total. The molecule has 1 saturated carbocycles. The largest absolute Gasteiger partial charge is 0.382 e. The molecule has 1 aliphatic rings. The lowest BCUT2D eigenvalue weighted by atomic mass is 10.1. The molecule has 0 radical (unpaired) electrons. The Morgan fingerprint density at radius 2 is 1.65 bits per heavy atom. The highest BCUT2D eigenvalue weighted by atomic mass is 19.1. The number of rotatable bonds is 5. The SMILES string of the molecule is O=C(Cc1ccccc1F)Nc1ccc(NC2CCCC2)cc1. The van der Waals surface area contributed by atoms with Gasteiger partial charge in [-0.25, -0.2) is 4.39 Å². The number of hydrogen-bond acceptors (Lipinski definition) is 2. The Labute approximate surface area is 135 Å². The number of amides is 1. The van der Waals surface area contributed by atoms with E-state index in [1.165, 1.54) is 31.7 Å². The zero-order chi connectivity index (χ0) is 16.1. The van der Waals surface area contributed by atoms with Crippen molar-refractivity contribution >= 4 is 17.3 Å². The van der Waals surface area contributed by atoms with E-state index < -0.39 is 0 Å². The molecule has 1 aliphatic carbocycles. The predicted octanol–water partition coefficient (Wildman–Crippen LogP) is 4.36. The third-order valence-electron chi connectivity index (χ3n) is 4.20. The number of benzene rings is 2. The van der Waals surface area contributed by atoms with Gasteiger partial charge in [0.05, 0.1) is 6.42 Å². The maximum absolute atomic E-state index is 13.5. The van der Waals surface area contributed by atoms with Crippen LogP contribution in [0.5, 0.6) is 0 Å². The molecule has 3 nitrogen and oxygen atoms in total. The van der Waals surface area contributed by atoms with Crippen LogP contribution in [-0.2, 0) is 11.2 Å². The molecule has 3 rings (SSSR count). The van der Waals surface area contributed by atoms with Crippen LogP contribution >= 0.6 is 0 Å². The van der Waals surface area contributed by atoms with E-state index in [-0.39, 0.29) is 18.1 Å². The fraction of sp³-hybridized carbons (Fsp3) is 0.316. The highest BCUT2D eigenvalue weighted by Gasteiger charge is 2.14. The number of carbonyl (C=O) groups excluding carboxylic acids is 1. The second-order valence-corrected chi connectivity index (χ2v) is 6.02. The van der Waals surface area contributed by atoms with Gasteiger partial charge in [0.2, 0.25) is 5.91 Å². The van der Waals surface area contributed by atoms with Crippen LogP contribution in [-0.4, -0.2) is 11.9 Å². The standard InChI is InChI=1S/C19H21FN2O/c20-18-8-4-1-5-14(18)13-19(23)22-17-11-9-16(10-12-17)21-15-6-2-3-7-15/h1,4-5,8-12,15,21H,2-3,6-7,13H2,(H,22,23). The number of nitrogens with one attached hydrogen (secondary N) is 2. The molecule has 0 bridgehead atoms. The number of hydrogen-bond donors (Lipinski definition) is 2. The highest BCUT2D eigenvalue weighted by molar-refractivity contribution is 5.92. The smallest absolute Gasteiger partial charge is 0.228 e. The number of halogens is 1. The van der Waals surface area contributed by atoms with Crippen LogP contribution in [0.2, 0.25) is 0 Å². The van der Waals surface area contributed by atoms with Crippen molar-refractivity contribution in [3.63, 3.8) is 0 Å². The van der Waals surface area contributed by atoms with Gasteiger partial charge in [0.1, 0.15) is 5.82 Å². The van der Waals surface area contributed by atoms with Crippen LogP contribution in [0, 0.1) is 5.82 Å². The topological polar surface area (TPSA) is 41.1 Å². The molecule has 4 heteroatoms. The Kier molecular flexibility index (Phi) is 4.91. The fourth-order valence-corrected chi connectivity index (χ4v) is 2.98. The van der Waals surface area contributed by atoms with Crippen LogP contribution < -0.4 is 10.6 Å². The van der Waals surface area contributed by atoms with Crippen LogP contribution in [0.4, 0.5) is 15.8 Å². The van der Waals surface area contributed by atoms with Gasteiger partial charge < -0.3 is 10.6 Å². The quantitative estimate of drug-likeness (QED) is 0.861. The minimum Gasteiger partial charge on any atom is -0.382 e. The molecular weight excluding hydrogens is 291 g/mol. The molecule has 0 unspecified atom stereocenters. The molecule has 0 aliphatic heterocycles. The highest BCUT2D eigenvalue weighted by Crippen LogP contribution is 2.23. The summed E-state index contributed by atoms with van der Waals surface area (Å²) in [5.74, 6) is -0.564. The average molecular weight is 312 g/mol. The average Bonchev–Trinajstić information content (AvgIpc) is 3.04. The van der Waals surface area contributed by atoms with Crippen molar-refractivity contribution in [2.24, 2.45) is 0 Å². The Hall–Kier alpha value is -2.36. The van der Waals surface area contributed by atoms with Crippen molar-refractivity contribution in [2.45, 2.75) is 38.1 Å². The Morgan fingerprint density at radius 1 is 1.00 bits per heavy atom. The molecule has 23 heavy (non-hydrogen) atoms. The summed E-state index contributed by atoms with van der Waals surface area (Å²) in [7, 11) is 0. The van der Waals surface area contributed by atoms with Gasteiger partial charge in [0, 0.05) is 17.4 Å². The van der Waals surface area contributed by atoms with Gasteiger partial charge in [-0.1, -0.05) is 31.0 Å². The Morgan fingerprint density at radius 3 is 2.35 bits per heavy atom. The minimum absolute atomic E-state index is 0.0365. The Balaban J connectivity index is 1.55. The number of carbonyl (C=O) groups is 1. The fourth-order valence-electron chi connectivity index (χ4n) is 2.98. The van der Waals surface area contributed by atoms with Crippen molar-refractivity contribution in [1.82, 2.24) is 0 Å². The lowest BCUT2D eigenvalue weighted by molar-refractivity contribution is -0.115. The number of anilines is 2. The second-order valence-electron chi connectivity index (χ2n) is 6.02. The molecule has 0 saturated heterocycles.